The second-order valence-electron chi connectivity index (χ2n) is 8.74. The summed E-state index contributed by atoms with van der Waals surface area (Å²) in [6, 6.07) is 5.42. The quantitative estimate of drug-likeness (QED) is 0.281. The van der Waals surface area contributed by atoms with Crippen LogP contribution < -0.4 is 16.0 Å². The van der Waals surface area contributed by atoms with Gasteiger partial charge in [0.1, 0.15) is 12.2 Å². The number of nitrogens with one attached hydrogen (secondary N) is 2. The van der Waals surface area contributed by atoms with Gasteiger partial charge in [-0.05, 0) is 17.7 Å². The molecule has 0 atom stereocenters. The fourth-order valence-corrected chi connectivity index (χ4v) is 4.28. The van der Waals surface area contributed by atoms with Crippen molar-refractivity contribution in [2.45, 2.75) is 6.54 Å². The second-order valence-corrected chi connectivity index (χ2v) is 8.74. The molecule has 13 nitrogen and oxygen atoms in total. The van der Waals surface area contributed by atoms with Crippen molar-refractivity contribution in [3.63, 3.8) is 0 Å². The molecule has 4 aromatic heterocycles. The topological polar surface area (TPSA) is 158 Å². The Bertz CT molecular complexity index is 1640. The van der Waals surface area contributed by atoms with Crippen LogP contribution in [0.25, 0.3) is 33.5 Å². The lowest BCUT2D eigenvalue weighted by molar-refractivity contribution is -0.112. The van der Waals surface area contributed by atoms with Crippen LogP contribution in [0.1, 0.15) is 11.4 Å². The summed E-state index contributed by atoms with van der Waals surface area (Å²) in [5.41, 5.74) is 9.98. The molecular formula is C24H25N11O2. The van der Waals surface area contributed by atoms with E-state index < -0.39 is 5.91 Å². The highest BCUT2D eigenvalue weighted by Crippen LogP contribution is 2.26. The molecule has 0 unspecified atom stereocenters. The number of nitrogens with zero attached hydrogens (tertiary/aromatic N) is 8. The summed E-state index contributed by atoms with van der Waals surface area (Å²) in [4.78, 5) is 35.8. The molecule has 1 aromatic carbocycles. The van der Waals surface area contributed by atoms with Crippen LogP contribution in [0, 0.1) is 0 Å². The number of aryl methyl sites for hydroxylation is 1. The van der Waals surface area contributed by atoms with E-state index in [0.29, 0.717) is 67.2 Å². The molecule has 1 aliphatic heterocycles. The van der Waals surface area contributed by atoms with Gasteiger partial charge in [0.2, 0.25) is 11.9 Å². The van der Waals surface area contributed by atoms with E-state index in [2.05, 4.69) is 36.8 Å². The average molecular weight is 500 g/mol. The van der Waals surface area contributed by atoms with E-state index in [1.54, 1.807) is 23.3 Å². The molecule has 0 aliphatic carbocycles. The van der Waals surface area contributed by atoms with Gasteiger partial charge >= 0.3 is 0 Å². The van der Waals surface area contributed by atoms with Crippen molar-refractivity contribution >= 4 is 45.4 Å². The highest BCUT2D eigenvalue weighted by Gasteiger charge is 2.20. The first-order chi connectivity index (χ1) is 18.0. The monoisotopic (exact) mass is 499 g/mol. The predicted octanol–water partition coefficient (Wildman–Crippen LogP) is 1.37. The summed E-state index contributed by atoms with van der Waals surface area (Å²) < 4.78 is 9.13. The number of benzene rings is 1. The predicted molar refractivity (Wildman–Crippen MR) is 138 cm³/mol. The van der Waals surface area contributed by atoms with Gasteiger partial charge in [-0.2, -0.15) is 15.1 Å². The molecule has 0 spiro atoms. The minimum absolute atomic E-state index is 0.249. The first kappa shape index (κ1) is 22.7. The number of amides is 1. The van der Waals surface area contributed by atoms with Gasteiger partial charge in [0.15, 0.2) is 17.0 Å². The van der Waals surface area contributed by atoms with Crippen molar-refractivity contribution in [1.29, 1.82) is 0 Å². The average Bonchev–Trinajstić information content (AvgIpc) is 3.64. The highest BCUT2D eigenvalue weighted by molar-refractivity contribution is 6.18. The summed E-state index contributed by atoms with van der Waals surface area (Å²) in [5.74, 6) is 1.33. The van der Waals surface area contributed by atoms with Gasteiger partial charge in [-0.15, -0.1) is 0 Å². The number of hydrogen-bond donors (Lipinski definition) is 3. The molecule has 5 heterocycles. The van der Waals surface area contributed by atoms with Crippen molar-refractivity contribution in [1.82, 2.24) is 39.3 Å². The van der Waals surface area contributed by atoms with Crippen LogP contribution in [0.2, 0.25) is 0 Å². The fourth-order valence-electron chi connectivity index (χ4n) is 4.28. The molecule has 4 N–H and O–H groups in total. The van der Waals surface area contributed by atoms with Crippen molar-refractivity contribution < 1.29 is 9.53 Å². The van der Waals surface area contributed by atoms with Crippen LogP contribution in [0.4, 0.5) is 11.8 Å². The summed E-state index contributed by atoms with van der Waals surface area (Å²) in [6.45, 7) is 6.77. The number of nitrogens with two attached hydrogens (primary N) is 1. The van der Waals surface area contributed by atoms with Crippen molar-refractivity contribution in [3.8, 4) is 5.69 Å². The number of aromatic nitrogens is 8. The number of primary amides is 1. The van der Waals surface area contributed by atoms with Crippen molar-refractivity contribution in [2.24, 2.45) is 12.8 Å². The Morgan fingerprint density at radius 3 is 2.84 bits per heavy atom. The van der Waals surface area contributed by atoms with E-state index in [1.165, 1.54) is 0 Å². The number of anilines is 2. The summed E-state index contributed by atoms with van der Waals surface area (Å²) >= 11 is 0. The number of aromatic amines is 1. The number of imidazole rings is 2. The molecule has 1 fully saturated rings. The van der Waals surface area contributed by atoms with Crippen LogP contribution in [0.15, 0.2) is 43.5 Å². The third kappa shape index (κ3) is 4.25. The van der Waals surface area contributed by atoms with Gasteiger partial charge in [-0.1, -0.05) is 12.6 Å². The molecule has 6 rings (SSSR count). The third-order valence-corrected chi connectivity index (χ3v) is 6.25. The van der Waals surface area contributed by atoms with Crippen molar-refractivity contribution in [3.05, 3.63) is 54.9 Å². The maximum absolute atomic E-state index is 11.5. The normalized spacial score (nSPS) is 13.9. The van der Waals surface area contributed by atoms with Crippen LogP contribution in [-0.2, 0) is 23.1 Å². The minimum atomic E-state index is -0.560. The molecule has 1 aliphatic rings. The molecule has 0 bridgehead atoms. The molecule has 0 saturated carbocycles. The van der Waals surface area contributed by atoms with Gasteiger partial charge < -0.3 is 25.7 Å². The summed E-state index contributed by atoms with van der Waals surface area (Å²) in [5, 5.41) is 7.65. The molecule has 188 valence electrons. The van der Waals surface area contributed by atoms with Gasteiger partial charge in [-0.25, -0.2) is 9.97 Å². The Kier molecular flexibility index (Phi) is 5.53. The number of ether oxygens (including phenoxy) is 1. The number of morpholine rings is 1. The van der Waals surface area contributed by atoms with E-state index >= 15 is 0 Å². The molecule has 1 amide bonds. The lowest BCUT2D eigenvalue weighted by atomic mass is 10.1. The van der Waals surface area contributed by atoms with Gasteiger partial charge in [0.05, 0.1) is 42.7 Å². The molecule has 1 saturated heterocycles. The summed E-state index contributed by atoms with van der Waals surface area (Å²) in [6.07, 6.45) is 5.39. The lowest BCUT2D eigenvalue weighted by Gasteiger charge is -2.27. The molecule has 37 heavy (non-hydrogen) atoms. The number of carbonyl (C=O) groups is 1. The maximum Gasteiger partial charge on any atom is 0.248 e. The molecule has 13 heteroatoms. The van der Waals surface area contributed by atoms with Gasteiger partial charge in [0.25, 0.3) is 0 Å². The molecule has 5 aromatic rings. The Morgan fingerprint density at radius 1 is 1.24 bits per heavy atom. The highest BCUT2D eigenvalue weighted by atomic mass is 16.5. The zero-order valence-corrected chi connectivity index (χ0v) is 20.2. The Morgan fingerprint density at radius 2 is 2.08 bits per heavy atom. The van der Waals surface area contributed by atoms with Crippen LogP contribution >= 0.6 is 0 Å². The Balaban J connectivity index is 1.34. The maximum atomic E-state index is 11.5. The fraction of sp³-hybridized carbons (Fsp3) is 0.250. The van der Waals surface area contributed by atoms with Crippen molar-refractivity contribution in [2.75, 3.05) is 36.5 Å². The van der Waals surface area contributed by atoms with E-state index in [4.69, 9.17) is 20.4 Å². The number of rotatable bonds is 7. The lowest BCUT2D eigenvalue weighted by Crippen LogP contribution is -2.37. The van der Waals surface area contributed by atoms with E-state index in [-0.39, 0.29) is 5.57 Å². The largest absolute Gasteiger partial charge is 0.378 e. The van der Waals surface area contributed by atoms with Gasteiger partial charge in [0, 0.05) is 31.9 Å². The number of hydrogen-bond acceptors (Lipinski definition) is 9. The van der Waals surface area contributed by atoms with Gasteiger partial charge in [-0.3, -0.25) is 14.0 Å². The first-order valence-electron chi connectivity index (χ1n) is 11.7. The minimum Gasteiger partial charge on any atom is -0.378 e. The van der Waals surface area contributed by atoms with E-state index in [0.717, 1.165) is 16.7 Å². The number of fused-ring (bicyclic) bond motifs is 2. The van der Waals surface area contributed by atoms with E-state index in [9.17, 15) is 4.79 Å². The third-order valence-electron chi connectivity index (χ3n) is 6.25. The number of carbonyl (C=O) groups excluding carboxylic acids is 1. The van der Waals surface area contributed by atoms with Crippen LogP contribution in [-0.4, -0.2) is 71.5 Å². The smallest absolute Gasteiger partial charge is 0.248 e. The van der Waals surface area contributed by atoms with Crippen LogP contribution in [0.3, 0.4) is 0 Å². The zero-order chi connectivity index (χ0) is 25.5. The SMILES string of the molecule is C=C(C(N)=O)c1ccc2nc(CNc3nc(N4CCOCC4)nc4c3ncn4-c3cnn(C)c3)[nH]c2c1. The summed E-state index contributed by atoms with van der Waals surface area (Å²) in [7, 11) is 1.86. The second kappa shape index (κ2) is 9.02. The Hall–Kier alpha value is -4.78. The first-order valence-corrected chi connectivity index (χ1v) is 11.7. The van der Waals surface area contributed by atoms with E-state index in [1.807, 2.05) is 29.9 Å². The molecular weight excluding hydrogens is 474 g/mol. The number of H-pyrrole nitrogens is 1. The Labute approximate surface area is 211 Å². The van der Waals surface area contributed by atoms with Crippen LogP contribution in [0.5, 0.6) is 0 Å². The molecule has 0 radical (unpaired) electrons. The zero-order valence-electron chi connectivity index (χ0n) is 20.2. The standard InChI is InChI=1S/C24H25N11O2/c1-14(21(25)36)15-3-4-17-18(9-15)30-19(29-17)11-26-22-20-23(32-24(31-22)34-5-7-37-8-6-34)35(13-27-20)16-10-28-33(2)12-16/h3-4,9-10,12-13H,1,5-8,11H2,2H3,(H2,25,36)(H,29,30)(H,26,31,32).